The smallest absolute Gasteiger partial charge is 0.276 e. The van der Waals surface area contributed by atoms with Gasteiger partial charge in [0.2, 0.25) is 0 Å². The highest BCUT2D eigenvalue weighted by molar-refractivity contribution is 7.80. The lowest BCUT2D eigenvalue weighted by atomic mass is 10.1. The Bertz CT molecular complexity index is 756. The molecule has 0 spiro atoms. The minimum Gasteiger partial charge on any atom is -0.497 e. The Morgan fingerprint density at radius 2 is 2.00 bits per heavy atom. The minimum absolute atomic E-state index is 0.0288. The molecule has 0 aliphatic carbocycles. The van der Waals surface area contributed by atoms with E-state index in [1.54, 1.807) is 45.5 Å². The van der Waals surface area contributed by atoms with Crippen LogP contribution < -0.4 is 20.8 Å². The van der Waals surface area contributed by atoms with Crippen molar-refractivity contribution in [2.45, 2.75) is 0 Å². The number of ether oxygens (including phenoxy) is 2. The third-order valence-electron chi connectivity index (χ3n) is 3.01. The summed E-state index contributed by atoms with van der Waals surface area (Å²) in [5.41, 5.74) is 6.70. The van der Waals surface area contributed by atoms with Crippen molar-refractivity contribution in [1.82, 2.24) is 9.78 Å². The van der Waals surface area contributed by atoms with Crippen molar-refractivity contribution in [2.75, 3.05) is 14.2 Å². The average Bonchev–Trinajstić information content (AvgIpc) is 2.48. The van der Waals surface area contributed by atoms with Crippen LogP contribution in [0.5, 0.6) is 11.5 Å². The number of nitrogens with two attached hydrogens (primary N) is 1. The molecule has 0 amide bonds. The van der Waals surface area contributed by atoms with Crippen molar-refractivity contribution in [1.29, 1.82) is 0 Å². The molecule has 0 saturated carbocycles. The predicted octanol–water partition coefficient (Wildman–Crippen LogP) is 1.10. The summed E-state index contributed by atoms with van der Waals surface area (Å²) >= 11 is 4.91. The Hall–Kier alpha value is -2.41. The molecule has 1 aromatic heterocycles. The van der Waals surface area contributed by atoms with Crippen LogP contribution in [0.3, 0.4) is 0 Å². The fourth-order valence-corrected chi connectivity index (χ4v) is 2.08. The van der Waals surface area contributed by atoms with Crippen molar-refractivity contribution < 1.29 is 9.47 Å². The molecule has 2 aromatic rings. The topological polar surface area (TPSA) is 79.4 Å². The van der Waals surface area contributed by atoms with E-state index in [1.165, 1.54) is 4.68 Å². The second-order valence-electron chi connectivity index (χ2n) is 4.30. The number of hydrogen-bond donors (Lipinski definition) is 1. The van der Waals surface area contributed by atoms with Crippen molar-refractivity contribution >= 4 is 17.2 Å². The highest BCUT2D eigenvalue weighted by atomic mass is 32.1. The maximum Gasteiger partial charge on any atom is 0.276 e. The van der Waals surface area contributed by atoms with Crippen molar-refractivity contribution in [3.05, 3.63) is 40.2 Å². The summed E-state index contributed by atoms with van der Waals surface area (Å²) < 4.78 is 11.7. The fourth-order valence-electron chi connectivity index (χ4n) is 1.93. The molecule has 0 aliphatic rings. The zero-order valence-corrected chi connectivity index (χ0v) is 12.7. The van der Waals surface area contributed by atoms with Gasteiger partial charge in [0.25, 0.3) is 5.56 Å². The van der Waals surface area contributed by atoms with Crippen LogP contribution in [0.15, 0.2) is 29.1 Å². The van der Waals surface area contributed by atoms with Crippen LogP contribution in [0, 0.1) is 0 Å². The second kappa shape index (κ2) is 5.92. The molecule has 0 bridgehead atoms. The Labute approximate surface area is 127 Å². The summed E-state index contributed by atoms with van der Waals surface area (Å²) in [5, 5.41) is 4.22. The van der Waals surface area contributed by atoms with E-state index in [-0.39, 0.29) is 16.1 Å². The molecule has 1 heterocycles. The van der Waals surface area contributed by atoms with Gasteiger partial charge in [-0.1, -0.05) is 12.2 Å². The van der Waals surface area contributed by atoms with E-state index in [2.05, 4.69) is 5.10 Å². The molecule has 2 N–H and O–H groups in total. The first-order chi connectivity index (χ1) is 9.97. The number of rotatable bonds is 4. The highest BCUT2D eigenvalue weighted by Gasteiger charge is 2.14. The Morgan fingerprint density at radius 3 is 2.57 bits per heavy atom. The maximum absolute atomic E-state index is 11.9. The van der Waals surface area contributed by atoms with E-state index in [0.717, 1.165) is 0 Å². The molecule has 0 unspecified atom stereocenters. The molecule has 110 valence electrons. The lowest BCUT2D eigenvalue weighted by Gasteiger charge is -2.11. The highest BCUT2D eigenvalue weighted by Crippen LogP contribution is 2.32. The van der Waals surface area contributed by atoms with E-state index in [9.17, 15) is 4.79 Å². The van der Waals surface area contributed by atoms with Crippen LogP contribution in [0.4, 0.5) is 0 Å². The molecule has 21 heavy (non-hydrogen) atoms. The molecule has 0 aliphatic heterocycles. The van der Waals surface area contributed by atoms with Gasteiger partial charge in [-0.15, -0.1) is 0 Å². The SMILES string of the molecule is COc1ccc(OC)c(-c2cc(C(N)=S)c(=O)n(C)n2)c1. The van der Waals surface area contributed by atoms with Crippen LogP contribution in [-0.4, -0.2) is 29.0 Å². The third kappa shape index (κ3) is 2.87. The van der Waals surface area contributed by atoms with Crippen molar-refractivity contribution in [3.8, 4) is 22.8 Å². The van der Waals surface area contributed by atoms with Crippen LogP contribution in [0.25, 0.3) is 11.3 Å². The molecule has 0 atom stereocenters. The van der Waals surface area contributed by atoms with E-state index in [1.807, 2.05) is 0 Å². The van der Waals surface area contributed by atoms with Gasteiger partial charge in [0.05, 0.1) is 25.5 Å². The van der Waals surface area contributed by atoms with Gasteiger partial charge >= 0.3 is 0 Å². The molecule has 0 radical (unpaired) electrons. The van der Waals surface area contributed by atoms with Crippen LogP contribution >= 0.6 is 12.2 Å². The number of nitrogens with zero attached hydrogens (tertiary/aromatic N) is 2. The van der Waals surface area contributed by atoms with Crippen LogP contribution in [-0.2, 0) is 7.05 Å². The predicted molar refractivity (Wildman–Crippen MR) is 83.9 cm³/mol. The Morgan fingerprint density at radius 1 is 1.29 bits per heavy atom. The first-order valence-corrected chi connectivity index (χ1v) is 6.49. The summed E-state index contributed by atoms with van der Waals surface area (Å²) in [6.07, 6.45) is 0. The number of thiocarbonyl (C=S) groups is 1. The molecule has 6 nitrogen and oxygen atoms in total. The van der Waals surface area contributed by atoms with Gasteiger partial charge in [-0.2, -0.15) is 5.10 Å². The summed E-state index contributed by atoms with van der Waals surface area (Å²) in [5.74, 6) is 1.26. The van der Waals surface area contributed by atoms with Gasteiger partial charge in [-0.25, -0.2) is 4.68 Å². The first kappa shape index (κ1) is 15.0. The minimum atomic E-state index is -0.340. The summed E-state index contributed by atoms with van der Waals surface area (Å²) in [6.45, 7) is 0. The molecular weight excluding hydrogens is 290 g/mol. The maximum atomic E-state index is 11.9. The van der Waals surface area contributed by atoms with Gasteiger partial charge in [0.15, 0.2) is 0 Å². The second-order valence-corrected chi connectivity index (χ2v) is 4.74. The lowest BCUT2D eigenvalue weighted by Crippen LogP contribution is -2.29. The van der Waals surface area contributed by atoms with Crippen LogP contribution in [0.1, 0.15) is 5.56 Å². The Balaban J connectivity index is 2.72. The van der Waals surface area contributed by atoms with Gasteiger partial charge in [-0.05, 0) is 24.3 Å². The van der Waals surface area contributed by atoms with Gasteiger partial charge in [0, 0.05) is 12.6 Å². The van der Waals surface area contributed by atoms with E-state index < -0.39 is 0 Å². The van der Waals surface area contributed by atoms with Gasteiger partial charge in [0.1, 0.15) is 16.5 Å². The average molecular weight is 305 g/mol. The van der Waals surface area contributed by atoms with E-state index >= 15 is 0 Å². The molecule has 0 saturated heterocycles. The molecule has 1 aromatic carbocycles. The van der Waals surface area contributed by atoms with Crippen molar-refractivity contribution in [3.63, 3.8) is 0 Å². The summed E-state index contributed by atoms with van der Waals surface area (Å²) in [7, 11) is 4.67. The first-order valence-electron chi connectivity index (χ1n) is 6.08. The van der Waals surface area contributed by atoms with Gasteiger partial charge in [-0.3, -0.25) is 4.79 Å². The number of benzene rings is 1. The fraction of sp³-hybridized carbons (Fsp3) is 0.214. The molecule has 7 heteroatoms. The van der Waals surface area contributed by atoms with E-state index in [4.69, 9.17) is 27.4 Å². The standard InChI is InChI=1S/C14H15N3O3S/c1-17-14(18)10(13(15)21)7-11(16-17)9-6-8(19-2)4-5-12(9)20-3/h4-7H,1-3H3,(H2,15,21). The Kier molecular flexibility index (Phi) is 4.23. The number of methoxy groups -OCH3 is 2. The van der Waals surface area contributed by atoms with Crippen molar-refractivity contribution in [2.24, 2.45) is 12.8 Å². The number of aromatic nitrogens is 2. The summed E-state index contributed by atoms with van der Waals surface area (Å²) in [6, 6.07) is 6.87. The van der Waals surface area contributed by atoms with Gasteiger partial charge < -0.3 is 15.2 Å². The largest absolute Gasteiger partial charge is 0.497 e. The number of aryl methyl sites for hydroxylation is 1. The lowest BCUT2D eigenvalue weighted by molar-refractivity contribution is 0.404. The zero-order valence-electron chi connectivity index (χ0n) is 11.9. The van der Waals surface area contributed by atoms with Crippen LogP contribution in [0.2, 0.25) is 0 Å². The molecule has 2 rings (SSSR count). The van der Waals surface area contributed by atoms with E-state index in [0.29, 0.717) is 22.8 Å². The molecular formula is C14H15N3O3S. The zero-order chi connectivity index (χ0) is 15.6. The summed E-state index contributed by atoms with van der Waals surface area (Å²) in [4.78, 5) is 12.0. The molecule has 0 fully saturated rings. The quantitative estimate of drug-likeness (QED) is 0.852. The third-order valence-corrected chi connectivity index (χ3v) is 3.23. The monoisotopic (exact) mass is 305 g/mol. The number of hydrogen-bond acceptors (Lipinski definition) is 5. The normalized spacial score (nSPS) is 10.2.